The first kappa shape index (κ1) is 37.6. The quantitative estimate of drug-likeness (QED) is 0.332. The molecule has 0 spiro atoms. The number of halogens is 12. The highest BCUT2D eigenvalue weighted by atomic mass is 19.4. The molecule has 38 heavy (non-hydrogen) atoms. The van der Waals surface area contributed by atoms with Gasteiger partial charge in [-0.25, -0.2) is 0 Å². The Labute approximate surface area is 213 Å². The van der Waals surface area contributed by atoms with E-state index < -0.39 is 41.1 Å². The minimum atomic E-state index is -5.47. The van der Waals surface area contributed by atoms with Crippen LogP contribution in [0.4, 0.5) is 52.7 Å². The summed E-state index contributed by atoms with van der Waals surface area (Å²) in [6.07, 6.45) is -21.4. The molecule has 0 heterocycles. The molecule has 0 aliphatic heterocycles. The van der Waals surface area contributed by atoms with E-state index in [1.165, 1.54) is 0 Å². The summed E-state index contributed by atoms with van der Waals surface area (Å²) in [5, 5.41) is 0. The van der Waals surface area contributed by atoms with E-state index in [4.69, 9.17) is 4.74 Å². The van der Waals surface area contributed by atoms with Gasteiger partial charge in [0.05, 0.1) is 0 Å². The third kappa shape index (κ3) is 9.30. The van der Waals surface area contributed by atoms with Crippen LogP contribution in [-0.2, 0) is 5.41 Å². The Bertz CT molecular complexity index is 877. The predicted molar refractivity (Wildman–Crippen MR) is 121 cm³/mol. The average molecular weight is 574 g/mol. The molecule has 0 unspecified atom stereocenters. The molecule has 0 aliphatic rings. The zero-order valence-electron chi connectivity index (χ0n) is 21.6. The molecule has 1 nitrogen and oxygen atoms in total. The van der Waals surface area contributed by atoms with E-state index in [2.05, 4.69) is 0 Å². The maximum Gasteiger partial charge on any atom is 0.406 e. The van der Waals surface area contributed by atoms with Gasteiger partial charge in [0.15, 0.2) is 10.8 Å². The smallest absolute Gasteiger partial charge is 0.406 e. The van der Waals surface area contributed by atoms with Crippen molar-refractivity contribution in [3.05, 3.63) is 60.2 Å². The largest absolute Gasteiger partial charge is 0.457 e. The summed E-state index contributed by atoms with van der Waals surface area (Å²) in [7, 11) is 0. The first-order valence-corrected chi connectivity index (χ1v) is 11.2. The van der Waals surface area contributed by atoms with Crippen LogP contribution >= 0.6 is 0 Å². The molecule has 0 bridgehead atoms. The lowest BCUT2D eigenvalue weighted by Crippen LogP contribution is -2.51. The molecule has 0 aliphatic carbocycles. The molecule has 0 fully saturated rings. The van der Waals surface area contributed by atoms with E-state index in [-0.39, 0.29) is 26.5 Å². The predicted octanol–water partition coefficient (Wildman–Crippen LogP) is 11.1. The molecular weight excluding hydrogens is 544 g/mol. The van der Waals surface area contributed by atoms with Gasteiger partial charge in [0.1, 0.15) is 11.5 Å². The average Bonchev–Trinajstić information content (AvgIpc) is 2.80. The number of ether oxygens (including phenoxy) is 1. The molecule has 13 heteroatoms. The summed E-state index contributed by atoms with van der Waals surface area (Å²) in [6, 6.07) is 12.1. The fourth-order valence-corrected chi connectivity index (χ4v) is 2.13. The van der Waals surface area contributed by atoms with Crippen LogP contribution in [0.5, 0.6) is 11.5 Å². The second kappa shape index (κ2) is 14.0. The zero-order valence-corrected chi connectivity index (χ0v) is 21.6. The van der Waals surface area contributed by atoms with Crippen LogP contribution in [0.25, 0.3) is 0 Å². The molecule has 2 rings (SSSR count). The van der Waals surface area contributed by atoms with Crippen LogP contribution in [0.1, 0.15) is 54.0 Å². The normalized spacial score (nSPS) is 12.6. The Hall–Kier alpha value is -2.60. The van der Waals surface area contributed by atoms with E-state index in [1.54, 1.807) is 30.3 Å². The lowest BCUT2D eigenvalue weighted by atomic mass is 9.81. The molecule has 0 N–H and O–H groups in total. The van der Waals surface area contributed by atoms with Gasteiger partial charge in [-0.3, -0.25) is 0 Å². The summed E-state index contributed by atoms with van der Waals surface area (Å²) >= 11 is 0. The van der Waals surface area contributed by atoms with Gasteiger partial charge in [-0.2, -0.15) is 52.7 Å². The lowest BCUT2D eigenvalue weighted by molar-refractivity contribution is -0.327. The van der Waals surface area contributed by atoms with Crippen molar-refractivity contribution >= 4 is 0 Å². The van der Waals surface area contributed by atoms with Gasteiger partial charge in [-0.1, -0.05) is 58.0 Å². The standard InChI is InChI=1S/C16H12F6O.C5H6F6.2C2H6/c1-14(15(17,18)19,16(20,21)22)11-7-9-13(10-8-11)23-12-5-3-2-4-6-12;1-3(2,4(6,7)8)5(9,10)11;2*1-2/h2-10H,1H3;1-2H3;2*1-2H3. The van der Waals surface area contributed by atoms with E-state index >= 15 is 0 Å². The molecule has 0 aromatic heterocycles. The Morgan fingerprint density at radius 1 is 0.447 bits per heavy atom. The third-order valence-corrected chi connectivity index (χ3v) is 4.96. The van der Waals surface area contributed by atoms with Gasteiger partial charge in [0, 0.05) is 0 Å². The highest BCUT2D eigenvalue weighted by molar-refractivity contribution is 5.37. The van der Waals surface area contributed by atoms with Gasteiger partial charge in [0.25, 0.3) is 0 Å². The molecule has 0 amide bonds. The molecule has 0 atom stereocenters. The number of benzene rings is 2. The monoisotopic (exact) mass is 574 g/mol. The second-order valence-corrected chi connectivity index (χ2v) is 7.68. The number of alkyl halides is 12. The van der Waals surface area contributed by atoms with Gasteiger partial charge in [0.2, 0.25) is 0 Å². The maximum absolute atomic E-state index is 13.0. The minimum absolute atomic E-state index is 0.104. The van der Waals surface area contributed by atoms with Gasteiger partial charge < -0.3 is 4.74 Å². The second-order valence-electron chi connectivity index (χ2n) is 7.68. The number of rotatable bonds is 3. The van der Waals surface area contributed by atoms with Crippen molar-refractivity contribution in [3.8, 4) is 11.5 Å². The molecule has 2 aromatic rings. The molecule has 0 saturated carbocycles. The van der Waals surface area contributed by atoms with Crippen LogP contribution in [-0.4, -0.2) is 24.7 Å². The van der Waals surface area contributed by atoms with Gasteiger partial charge in [-0.05, 0) is 50.6 Å². The maximum atomic E-state index is 13.0. The zero-order chi connectivity index (χ0) is 30.8. The number of para-hydroxylation sites is 1. The van der Waals surface area contributed by atoms with Crippen molar-refractivity contribution in [2.24, 2.45) is 5.41 Å². The van der Waals surface area contributed by atoms with E-state index in [0.717, 1.165) is 24.3 Å². The molecule has 220 valence electrons. The van der Waals surface area contributed by atoms with Crippen LogP contribution in [0.3, 0.4) is 0 Å². The summed E-state index contributed by atoms with van der Waals surface area (Å²) < 4.78 is 153. The summed E-state index contributed by atoms with van der Waals surface area (Å²) in [6.45, 7) is 8.33. The van der Waals surface area contributed by atoms with Crippen molar-refractivity contribution < 1.29 is 57.4 Å². The fourth-order valence-electron chi connectivity index (χ4n) is 2.13. The highest BCUT2D eigenvalue weighted by Crippen LogP contribution is 2.52. The Balaban J connectivity index is 0. The van der Waals surface area contributed by atoms with Crippen LogP contribution in [0.2, 0.25) is 0 Å². The minimum Gasteiger partial charge on any atom is -0.457 e. The Morgan fingerprint density at radius 2 is 0.763 bits per heavy atom. The van der Waals surface area contributed by atoms with E-state index in [1.807, 2.05) is 27.7 Å². The first-order valence-electron chi connectivity index (χ1n) is 11.2. The molecule has 2 aromatic carbocycles. The summed E-state index contributed by atoms with van der Waals surface area (Å²) in [5.41, 5.74) is -8.46. The van der Waals surface area contributed by atoms with Crippen molar-refractivity contribution in [2.75, 3.05) is 0 Å². The molecular formula is C25H30F12O. The van der Waals surface area contributed by atoms with Crippen LogP contribution in [0, 0.1) is 5.41 Å². The summed E-state index contributed by atoms with van der Waals surface area (Å²) in [5.74, 6) is 0.571. The van der Waals surface area contributed by atoms with Crippen molar-refractivity contribution in [1.82, 2.24) is 0 Å². The Kier molecular flexibility index (Phi) is 13.8. The number of hydrogen-bond donors (Lipinski definition) is 0. The van der Waals surface area contributed by atoms with Gasteiger partial charge >= 0.3 is 24.7 Å². The fraction of sp³-hybridized carbons (Fsp3) is 0.520. The van der Waals surface area contributed by atoms with Crippen molar-refractivity contribution in [1.29, 1.82) is 0 Å². The SMILES string of the molecule is CC.CC.CC(C)(C(F)(F)F)C(F)(F)F.CC(c1ccc(Oc2ccccc2)cc1)(C(F)(F)F)C(F)(F)F. The Morgan fingerprint density at radius 3 is 1.03 bits per heavy atom. The lowest BCUT2D eigenvalue weighted by Gasteiger charge is -2.34. The van der Waals surface area contributed by atoms with E-state index in [0.29, 0.717) is 5.75 Å². The van der Waals surface area contributed by atoms with Gasteiger partial charge in [-0.15, -0.1) is 0 Å². The molecule has 0 saturated heterocycles. The third-order valence-electron chi connectivity index (χ3n) is 4.96. The summed E-state index contributed by atoms with van der Waals surface area (Å²) in [4.78, 5) is 0. The first-order chi connectivity index (χ1) is 17.1. The number of hydrogen-bond acceptors (Lipinski definition) is 1. The van der Waals surface area contributed by atoms with Crippen molar-refractivity contribution in [2.45, 2.75) is 78.6 Å². The van der Waals surface area contributed by atoms with Crippen LogP contribution in [0.15, 0.2) is 54.6 Å². The van der Waals surface area contributed by atoms with E-state index in [9.17, 15) is 52.7 Å². The van der Waals surface area contributed by atoms with Crippen LogP contribution < -0.4 is 4.74 Å². The van der Waals surface area contributed by atoms with Crippen molar-refractivity contribution in [3.63, 3.8) is 0 Å². The highest BCUT2D eigenvalue weighted by Gasteiger charge is 2.68. The topological polar surface area (TPSA) is 9.23 Å². The molecule has 0 radical (unpaired) electrons.